The van der Waals surface area contributed by atoms with Crippen LogP contribution < -0.4 is 5.73 Å². The number of benzene rings is 1. The van der Waals surface area contributed by atoms with Gasteiger partial charge in [0, 0.05) is 36.1 Å². The maximum absolute atomic E-state index is 13.0. The maximum Gasteiger partial charge on any atom is 0.239 e. The Morgan fingerprint density at radius 1 is 1.15 bits per heavy atom. The second-order valence-corrected chi connectivity index (χ2v) is 9.84. The molecule has 2 aliphatic heterocycles. The van der Waals surface area contributed by atoms with Crippen LogP contribution in [0.2, 0.25) is 0 Å². The number of imidazole rings is 1. The fourth-order valence-electron chi connectivity index (χ4n) is 5.78. The van der Waals surface area contributed by atoms with Gasteiger partial charge < -0.3 is 20.5 Å². The maximum atomic E-state index is 13.0. The number of nitrogens with one attached hydrogen (secondary N) is 2. The number of carbonyl (C=O) groups is 1. The molecule has 0 bridgehead atoms. The van der Waals surface area contributed by atoms with Gasteiger partial charge in [0.2, 0.25) is 5.91 Å². The monoisotopic (exact) mass is 449 g/mol. The standard InChI is InChI=1S/C25H35N7O/c1-16-11-18(12-20-14-29-30-23(16)20)13-22(26)25(33)32-9-5-21(6-10-32)31-7-3-19(4-8-31)24-17(2)27-15-28-24/h11-12,14-15,19,21-22H,3-10,13,26H2,1-2H3,(H,27,28)(H,29,30). The van der Waals surface area contributed by atoms with Crippen molar-refractivity contribution in [3.8, 4) is 0 Å². The highest BCUT2D eigenvalue weighted by Crippen LogP contribution is 2.31. The van der Waals surface area contributed by atoms with Crippen LogP contribution in [0.1, 0.15) is 54.1 Å². The third-order valence-corrected chi connectivity index (χ3v) is 7.66. The Labute approximate surface area is 194 Å². The predicted molar refractivity (Wildman–Crippen MR) is 129 cm³/mol. The van der Waals surface area contributed by atoms with Crippen molar-refractivity contribution in [3.05, 3.63) is 47.2 Å². The minimum absolute atomic E-state index is 0.0751. The molecular weight excluding hydrogens is 414 g/mol. The molecule has 1 unspecified atom stereocenters. The Kier molecular flexibility index (Phi) is 6.21. The molecule has 5 rings (SSSR count). The fraction of sp³-hybridized carbons (Fsp3) is 0.560. The molecule has 4 heterocycles. The summed E-state index contributed by atoms with van der Waals surface area (Å²) in [5, 5.41) is 8.20. The van der Waals surface area contributed by atoms with E-state index < -0.39 is 6.04 Å². The number of nitrogens with two attached hydrogens (primary N) is 1. The summed E-state index contributed by atoms with van der Waals surface area (Å²) in [7, 11) is 0. The second-order valence-electron chi connectivity index (χ2n) is 9.84. The molecule has 0 spiro atoms. The number of rotatable bonds is 5. The smallest absolute Gasteiger partial charge is 0.239 e. The van der Waals surface area contributed by atoms with Crippen molar-refractivity contribution in [1.29, 1.82) is 0 Å². The van der Waals surface area contributed by atoms with Crippen LogP contribution in [0.4, 0.5) is 0 Å². The molecule has 2 aliphatic rings. The Bertz CT molecular complexity index is 1100. The van der Waals surface area contributed by atoms with Crippen LogP contribution in [0.3, 0.4) is 0 Å². The number of carbonyl (C=O) groups excluding carboxylic acids is 1. The molecule has 2 aromatic heterocycles. The molecule has 176 valence electrons. The van der Waals surface area contributed by atoms with E-state index in [-0.39, 0.29) is 5.91 Å². The van der Waals surface area contributed by atoms with E-state index in [2.05, 4.69) is 51.0 Å². The van der Waals surface area contributed by atoms with Crippen LogP contribution >= 0.6 is 0 Å². The Hall–Kier alpha value is -2.71. The predicted octanol–water partition coefficient (Wildman–Crippen LogP) is 2.64. The molecular formula is C25H35N7O. The van der Waals surface area contributed by atoms with Crippen LogP contribution in [0.5, 0.6) is 0 Å². The van der Waals surface area contributed by atoms with Gasteiger partial charge in [-0.2, -0.15) is 5.10 Å². The van der Waals surface area contributed by atoms with Crippen molar-refractivity contribution in [3.63, 3.8) is 0 Å². The minimum Gasteiger partial charge on any atom is -0.348 e. The molecule has 1 amide bonds. The molecule has 1 aromatic carbocycles. The molecule has 33 heavy (non-hydrogen) atoms. The summed E-state index contributed by atoms with van der Waals surface area (Å²) in [6.45, 7) is 8.00. The summed E-state index contributed by atoms with van der Waals surface area (Å²) in [6, 6.07) is 4.25. The first-order chi connectivity index (χ1) is 16.0. The van der Waals surface area contributed by atoms with Crippen molar-refractivity contribution < 1.29 is 4.79 Å². The van der Waals surface area contributed by atoms with Gasteiger partial charge in [-0.3, -0.25) is 9.89 Å². The van der Waals surface area contributed by atoms with Crippen molar-refractivity contribution in [2.75, 3.05) is 26.2 Å². The largest absolute Gasteiger partial charge is 0.348 e. The lowest BCUT2D eigenvalue weighted by molar-refractivity contribution is -0.134. The zero-order valence-corrected chi connectivity index (χ0v) is 19.7. The van der Waals surface area contributed by atoms with Crippen LogP contribution in [-0.2, 0) is 11.2 Å². The first-order valence-corrected chi connectivity index (χ1v) is 12.2. The van der Waals surface area contributed by atoms with Crippen molar-refractivity contribution >= 4 is 16.8 Å². The summed E-state index contributed by atoms with van der Waals surface area (Å²) in [5.41, 5.74) is 12.1. The topological polar surface area (TPSA) is 107 Å². The Morgan fingerprint density at radius 3 is 2.61 bits per heavy atom. The normalized spacial score (nSPS) is 19.9. The van der Waals surface area contributed by atoms with Crippen LogP contribution in [0, 0.1) is 13.8 Å². The van der Waals surface area contributed by atoms with Crippen LogP contribution in [0.25, 0.3) is 10.9 Å². The van der Waals surface area contributed by atoms with Gasteiger partial charge in [0.1, 0.15) is 0 Å². The number of fused-ring (bicyclic) bond motifs is 1. The average Bonchev–Trinajstić information content (AvgIpc) is 3.48. The van der Waals surface area contributed by atoms with Gasteiger partial charge >= 0.3 is 0 Å². The molecule has 8 nitrogen and oxygen atoms in total. The van der Waals surface area contributed by atoms with Gasteiger partial charge in [0.15, 0.2) is 0 Å². The lowest BCUT2D eigenvalue weighted by atomic mass is 9.90. The van der Waals surface area contributed by atoms with E-state index in [1.54, 1.807) is 0 Å². The average molecular weight is 450 g/mol. The molecule has 2 fully saturated rings. The van der Waals surface area contributed by atoms with Crippen molar-refractivity contribution in [2.45, 2.75) is 64.0 Å². The number of piperidine rings is 2. The van der Waals surface area contributed by atoms with Gasteiger partial charge in [-0.25, -0.2) is 4.98 Å². The van der Waals surface area contributed by atoms with E-state index in [4.69, 9.17) is 5.73 Å². The second kappa shape index (κ2) is 9.27. The summed E-state index contributed by atoms with van der Waals surface area (Å²) in [5.74, 6) is 0.642. The number of H-pyrrole nitrogens is 2. The summed E-state index contributed by atoms with van der Waals surface area (Å²) >= 11 is 0. The van der Waals surface area contributed by atoms with Crippen LogP contribution in [-0.4, -0.2) is 74.1 Å². The van der Waals surface area contributed by atoms with Gasteiger partial charge in [-0.05, 0) is 76.2 Å². The van der Waals surface area contributed by atoms with E-state index in [9.17, 15) is 4.79 Å². The summed E-state index contributed by atoms with van der Waals surface area (Å²) < 4.78 is 0. The van der Waals surface area contributed by atoms with E-state index in [0.29, 0.717) is 18.4 Å². The summed E-state index contributed by atoms with van der Waals surface area (Å²) in [6.07, 6.45) is 8.58. The van der Waals surface area contributed by atoms with Gasteiger partial charge in [0.25, 0.3) is 0 Å². The molecule has 0 radical (unpaired) electrons. The first kappa shape index (κ1) is 22.1. The van der Waals surface area contributed by atoms with E-state index in [1.165, 1.54) is 11.4 Å². The quantitative estimate of drug-likeness (QED) is 0.555. The van der Waals surface area contributed by atoms with Crippen molar-refractivity contribution in [1.82, 2.24) is 30.0 Å². The highest BCUT2D eigenvalue weighted by atomic mass is 16.2. The number of nitrogens with zero attached hydrogens (tertiary/aromatic N) is 4. The molecule has 1 atom stereocenters. The number of hydrogen-bond acceptors (Lipinski definition) is 5. The van der Waals surface area contributed by atoms with Gasteiger partial charge in [-0.15, -0.1) is 0 Å². The number of aromatic amines is 2. The van der Waals surface area contributed by atoms with E-state index in [1.807, 2.05) is 17.4 Å². The fourth-order valence-corrected chi connectivity index (χ4v) is 5.78. The number of amides is 1. The number of aromatic nitrogens is 4. The van der Waals surface area contributed by atoms with E-state index in [0.717, 1.165) is 73.9 Å². The zero-order valence-electron chi connectivity index (χ0n) is 19.7. The van der Waals surface area contributed by atoms with Gasteiger partial charge in [0.05, 0.1) is 29.8 Å². The van der Waals surface area contributed by atoms with Gasteiger partial charge in [-0.1, -0.05) is 6.07 Å². The number of aryl methyl sites for hydroxylation is 2. The lowest BCUT2D eigenvalue weighted by Gasteiger charge is -2.42. The minimum atomic E-state index is -0.502. The molecule has 0 saturated carbocycles. The molecule has 3 aromatic rings. The highest BCUT2D eigenvalue weighted by Gasteiger charge is 2.32. The number of hydrogen-bond donors (Lipinski definition) is 3. The number of likely N-dealkylation sites (tertiary alicyclic amines) is 2. The third-order valence-electron chi connectivity index (χ3n) is 7.66. The Morgan fingerprint density at radius 2 is 1.91 bits per heavy atom. The summed E-state index contributed by atoms with van der Waals surface area (Å²) in [4.78, 5) is 25.4. The molecule has 0 aliphatic carbocycles. The molecule has 2 saturated heterocycles. The third kappa shape index (κ3) is 4.54. The van der Waals surface area contributed by atoms with Crippen LogP contribution in [0.15, 0.2) is 24.7 Å². The molecule has 8 heteroatoms. The first-order valence-electron chi connectivity index (χ1n) is 12.2. The van der Waals surface area contributed by atoms with E-state index >= 15 is 0 Å². The highest BCUT2D eigenvalue weighted by molar-refractivity contribution is 5.84. The molecule has 4 N–H and O–H groups in total. The Balaban J connectivity index is 1.11. The SMILES string of the molecule is Cc1[nH]cnc1C1CCN(C2CCN(C(=O)C(N)Cc3cc(C)c4[nH]ncc4c3)CC2)CC1. The van der Waals surface area contributed by atoms with Crippen molar-refractivity contribution in [2.24, 2.45) is 5.73 Å². The lowest BCUT2D eigenvalue weighted by Crippen LogP contribution is -2.52. The zero-order chi connectivity index (χ0) is 22.9.